The number of carbonyl (C=O) groups is 2. The molecule has 0 atom stereocenters. The molecule has 1 aliphatic heterocycles. The average Bonchev–Trinajstić information content (AvgIpc) is 3.11. The Labute approximate surface area is 211 Å². The second-order valence-electron chi connectivity index (χ2n) is 7.49. The van der Waals surface area contributed by atoms with Crippen molar-refractivity contribution in [2.75, 3.05) is 0 Å². The molecule has 4 rings (SSSR count). The third-order valence-corrected chi connectivity index (χ3v) is 6.03. The summed E-state index contributed by atoms with van der Waals surface area (Å²) in [6.45, 7) is -0.272. The molecular formula is C23H14N4O9S. The number of non-ortho nitro benzene ring substituents is 1. The summed E-state index contributed by atoms with van der Waals surface area (Å²) in [6, 6.07) is 14.9. The van der Waals surface area contributed by atoms with Crippen LogP contribution in [-0.2, 0) is 11.3 Å². The van der Waals surface area contributed by atoms with Crippen LogP contribution < -0.4 is 4.74 Å². The molecule has 0 radical (unpaired) electrons. The van der Waals surface area contributed by atoms with E-state index in [2.05, 4.69) is 0 Å². The number of ether oxygens (including phenoxy) is 1. The molecule has 1 saturated heterocycles. The molecule has 0 aliphatic carbocycles. The number of imide groups is 1. The van der Waals surface area contributed by atoms with E-state index in [-0.39, 0.29) is 34.2 Å². The first kappa shape index (κ1) is 25.0. The molecule has 0 spiro atoms. The van der Waals surface area contributed by atoms with E-state index >= 15 is 0 Å². The normalized spacial score (nSPS) is 14.2. The van der Waals surface area contributed by atoms with Gasteiger partial charge in [-0.25, -0.2) is 0 Å². The van der Waals surface area contributed by atoms with Crippen molar-refractivity contribution in [3.63, 3.8) is 0 Å². The van der Waals surface area contributed by atoms with Gasteiger partial charge in [-0.2, -0.15) is 0 Å². The summed E-state index contributed by atoms with van der Waals surface area (Å²) in [5.41, 5.74) is -0.648. The molecule has 0 aromatic heterocycles. The molecule has 0 unspecified atom stereocenters. The molecule has 13 nitrogen and oxygen atoms in total. The monoisotopic (exact) mass is 522 g/mol. The minimum Gasteiger partial charge on any atom is -0.450 e. The summed E-state index contributed by atoms with van der Waals surface area (Å²) >= 11 is 0.665. The maximum Gasteiger partial charge on any atom is 0.318 e. The van der Waals surface area contributed by atoms with Gasteiger partial charge in [-0.1, -0.05) is 30.3 Å². The molecule has 37 heavy (non-hydrogen) atoms. The van der Waals surface area contributed by atoms with E-state index in [0.29, 0.717) is 17.3 Å². The Morgan fingerprint density at radius 1 is 0.838 bits per heavy atom. The van der Waals surface area contributed by atoms with Crippen molar-refractivity contribution in [1.29, 1.82) is 0 Å². The molecule has 14 heteroatoms. The highest BCUT2D eigenvalue weighted by Gasteiger charge is 2.36. The van der Waals surface area contributed by atoms with E-state index in [0.717, 1.165) is 23.1 Å². The summed E-state index contributed by atoms with van der Waals surface area (Å²) in [6.07, 6.45) is 1.42. The molecule has 0 saturated carbocycles. The van der Waals surface area contributed by atoms with Gasteiger partial charge in [0.25, 0.3) is 22.5 Å². The van der Waals surface area contributed by atoms with Gasteiger partial charge < -0.3 is 4.74 Å². The molecule has 1 aliphatic rings. The predicted octanol–water partition coefficient (Wildman–Crippen LogP) is 5.44. The number of nitro groups is 3. The van der Waals surface area contributed by atoms with E-state index in [9.17, 15) is 39.9 Å². The minimum atomic E-state index is -0.806. The minimum absolute atomic E-state index is 0.0713. The first-order valence-electron chi connectivity index (χ1n) is 10.3. The maximum absolute atomic E-state index is 12.9. The van der Waals surface area contributed by atoms with Crippen molar-refractivity contribution < 1.29 is 29.1 Å². The van der Waals surface area contributed by atoms with Crippen molar-refractivity contribution in [3.8, 4) is 11.5 Å². The van der Waals surface area contributed by atoms with E-state index < -0.39 is 37.3 Å². The Bertz CT molecular complexity index is 1510. The number of rotatable bonds is 8. The van der Waals surface area contributed by atoms with Gasteiger partial charge in [-0.05, 0) is 41.6 Å². The first-order chi connectivity index (χ1) is 17.6. The quantitative estimate of drug-likeness (QED) is 0.210. The van der Waals surface area contributed by atoms with Crippen LogP contribution in [0.5, 0.6) is 11.5 Å². The lowest BCUT2D eigenvalue weighted by Gasteiger charge is -2.12. The number of hydrogen-bond donors (Lipinski definition) is 0. The fourth-order valence-corrected chi connectivity index (χ4v) is 4.26. The standard InChI is InChI=1S/C23H14N4O9S/c28-22-21(37-23(29)24(22)13-15-5-1-2-7-18(15)26(32)33)11-14-4-3-6-17(10-14)36-20-9-8-16(25(30)31)12-19(20)27(34)35/h1-12H,13H2/b21-11-. The summed E-state index contributed by atoms with van der Waals surface area (Å²) in [4.78, 5) is 57.7. The van der Waals surface area contributed by atoms with Crippen LogP contribution >= 0.6 is 11.8 Å². The Morgan fingerprint density at radius 3 is 2.27 bits per heavy atom. The number of carbonyl (C=O) groups excluding carboxylic acids is 2. The van der Waals surface area contributed by atoms with Crippen molar-refractivity contribution in [2.45, 2.75) is 6.54 Å². The summed E-state index contributed by atoms with van der Waals surface area (Å²) in [7, 11) is 0. The predicted molar refractivity (Wildman–Crippen MR) is 131 cm³/mol. The summed E-state index contributed by atoms with van der Waals surface area (Å²) < 4.78 is 5.57. The largest absolute Gasteiger partial charge is 0.450 e. The fourth-order valence-electron chi connectivity index (χ4n) is 3.42. The fraction of sp³-hybridized carbons (Fsp3) is 0.0435. The van der Waals surface area contributed by atoms with Gasteiger partial charge in [0.05, 0.1) is 32.3 Å². The summed E-state index contributed by atoms with van der Waals surface area (Å²) in [5.74, 6) is -0.715. The second kappa shape index (κ2) is 10.2. The van der Waals surface area contributed by atoms with E-state index in [1.165, 1.54) is 36.4 Å². The Morgan fingerprint density at radius 2 is 1.57 bits per heavy atom. The molecule has 0 bridgehead atoms. The van der Waals surface area contributed by atoms with Crippen LogP contribution in [-0.4, -0.2) is 30.8 Å². The molecule has 0 N–H and O–H groups in total. The van der Waals surface area contributed by atoms with Crippen LogP contribution in [0.2, 0.25) is 0 Å². The zero-order chi connectivity index (χ0) is 26.7. The lowest BCUT2D eigenvalue weighted by Crippen LogP contribution is -2.27. The van der Waals surface area contributed by atoms with Gasteiger partial charge in [0.15, 0.2) is 0 Å². The van der Waals surface area contributed by atoms with Crippen molar-refractivity contribution in [1.82, 2.24) is 4.90 Å². The third kappa shape index (κ3) is 5.43. The molecule has 186 valence electrons. The number of nitro benzene ring substituents is 3. The van der Waals surface area contributed by atoms with Crippen LogP contribution in [0.1, 0.15) is 11.1 Å². The molecule has 2 amide bonds. The third-order valence-electron chi connectivity index (χ3n) is 5.12. The van der Waals surface area contributed by atoms with Crippen molar-refractivity contribution in [3.05, 3.63) is 113 Å². The van der Waals surface area contributed by atoms with Gasteiger partial charge >= 0.3 is 5.69 Å². The zero-order valence-electron chi connectivity index (χ0n) is 18.5. The number of para-hydroxylation sites is 1. The topological polar surface area (TPSA) is 176 Å². The molecular weight excluding hydrogens is 508 g/mol. The van der Waals surface area contributed by atoms with Crippen LogP contribution in [0.3, 0.4) is 0 Å². The molecule has 1 heterocycles. The van der Waals surface area contributed by atoms with Gasteiger partial charge in [0.1, 0.15) is 5.75 Å². The number of thioether (sulfide) groups is 1. The Hall–Kier alpha value is -5.11. The molecule has 3 aromatic rings. The number of nitrogens with zero attached hydrogens (tertiary/aromatic N) is 4. The molecule has 1 fully saturated rings. The smallest absolute Gasteiger partial charge is 0.318 e. The van der Waals surface area contributed by atoms with Crippen LogP contribution in [0.25, 0.3) is 6.08 Å². The van der Waals surface area contributed by atoms with Crippen LogP contribution in [0.15, 0.2) is 71.6 Å². The highest BCUT2D eigenvalue weighted by atomic mass is 32.2. The van der Waals surface area contributed by atoms with Gasteiger partial charge in [0.2, 0.25) is 5.75 Å². The summed E-state index contributed by atoms with van der Waals surface area (Å²) in [5, 5.41) is 32.9. The van der Waals surface area contributed by atoms with Gasteiger partial charge in [-0.3, -0.25) is 44.8 Å². The zero-order valence-corrected chi connectivity index (χ0v) is 19.3. The van der Waals surface area contributed by atoms with Gasteiger partial charge in [0, 0.05) is 17.7 Å². The van der Waals surface area contributed by atoms with Crippen molar-refractivity contribution >= 4 is 46.0 Å². The Balaban J connectivity index is 1.56. The van der Waals surface area contributed by atoms with Crippen LogP contribution in [0, 0.1) is 30.3 Å². The van der Waals surface area contributed by atoms with Crippen molar-refractivity contribution in [2.24, 2.45) is 0 Å². The average molecular weight is 522 g/mol. The Kier molecular flexibility index (Phi) is 6.92. The van der Waals surface area contributed by atoms with E-state index in [1.807, 2.05) is 0 Å². The SMILES string of the molecule is O=C1S/C(=C\c2cccc(Oc3ccc([N+](=O)[O-])cc3[N+](=O)[O-])c2)C(=O)N1Cc1ccccc1[N+](=O)[O-]. The second-order valence-corrected chi connectivity index (χ2v) is 8.49. The lowest BCUT2D eigenvalue weighted by molar-refractivity contribution is -0.394. The highest BCUT2D eigenvalue weighted by molar-refractivity contribution is 8.18. The molecule has 3 aromatic carbocycles. The van der Waals surface area contributed by atoms with Crippen LogP contribution in [0.4, 0.5) is 21.9 Å². The maximum atomic E-state index is 12.9. The first-order valence-corrected chi connectivity index (χ1v) is 11.1. The van der Waals surface area contributed by atoms with Gasteiger partial charge in [-0.15, -0.1) is 0 Å². The number of amides is 2. The van der Waals surface area contributed by atoms with E-state index in [1.54, 1.807) is 18.2 Å². The number of benzene rings is 3. The van der Waals surface area contributed by atoms with E-state index in [4.69, 9.17) is 4.74 Å². The number of hydrogen-bond acceptors (Lipinski definition) is 10. The lowest BCUT2D eigenvalue weighted by atomic mass is 10.1. The highest BCUT2D eigenvalue weighted by Crippen LogP contribution is 2.37.